The second-order valence-electron chi connectivity index (χ2n) is 7.56. The molecule has 0 saturated heterocycles. The Morgan fingerprint density at radius 3 is 2.58 bits per heavy atom. The van der Waals surface area contributed by atoms with E-state index in [9.17, 15) is 9.59 Å². The van der Waals surface area contributed by atoms with Gasteiger partial charge >= 0.3 is 0 Å². The van der Waals surface area contributed by atoms with E-state index in [2.05, 4.69) is 10.2 Å². The molecule has 0 amide bonds. The second-order valence-corrected chi connectivity index (χ2v) is 8.50. The number of benzene rings is 3. The van der Waals surface area contributed by atoms with Crippen LogP contribution in [0.25, 0.3) is 22.4 Å². The lowest BCUT2D eigenvalue weighted by Crippen LogP contribution is -2.21. The number of carbonyl (C=O) groups is 1. The average molecular weight is 457 g/mol. The van der Waals surface area contributed by atoms with E-state index in [0.29, 0.717) is 38.8 Å². The maximum atomic E-state index is 13.4. The molecule has 2 aromatic heterocycles. The molecule has 0 radical (unpaired) electrons. The minimum Gasteiger partial charge on any atom is -0.497 e. The van der Waals surface area contributed by atoms with Crippen molar-refractivity contribution in [1.29, 1.82) is 0 Å². The number of ether oxygens (including phenoxy) is 1. The van der Waals surface area contributed by atoms with Gasteiger partial charge in [0.2, 0.25) is 5.78 Å². The van der Waals surface area contributed by atoms with E-state index in [1.165, 1.54) is 11.8 Å². The molecule has 5 aromatic rings. The van der Waals surface area contributed by atoms with Gasteiger partial charge in [-0.15, -0.1) is 10.2 Å². The molecule has 0 saturated carbocycles. The molecule has 3 aromatic carbocycles. The molecule has 0 N–H and O–H groups in total. The van der Waals surface area contributed by atoms with Gasteiger partial charge in [-0.05, 0) is 43.3 Å². The Labute approximate surface area is 193 Å². The van der Waals surface area contributed by atoms with Crippen LogP contribution in [0.1, 0.15) is 15.9 Å². The predicted molar refractivity (Wildman–Crippen MR) is 129 cm³/mol. The quantitative estimate of drug-likeness (QED) is 0.280. The number of para-hydroxylation sites is 1. The number of nitrogens with zero attached hydrogens (tertiary/aromatic N) is 4. The molecule has 0 aliphatic rings. The standard InChI is InChI=1S/C25H20N4O3S/c1-16-10-12-18(13-11-16)28-23(31)20-8-3-4-9-21(20)29-24(28)26-27-25(29)33-15-22(30)17-6-5-7-19(14-17)32-2/h3-14H,15H2,1-2H3. The van der Waals surface area contributed by atoms with Crippen molar-refractivity contribution in [3.63, 3.8) is 0 Å². The molecular weight excluding hydrogens is 436 g/mol. The van der Waals surface area contributed by atoms with Crippen molar-refractivity contribution >= 4 is 34.2 Å². The maximum Gasteiger partial charge on any atom is 0.267 e. The van der Waals surface area contributed by atoms with Gasteiger partial charge in [0.25, 0.3) is 5.56 Å². The summed E-state index contributed by atoms with van der Waals surface area (Å²) in [6.07, 6.45) is 0. The summed E-state index contributed by atoms with van der Waals surface area (Å²) in [6.45, 7) is 1.99. The normalized spacial score (nSPS) is 11.2. The minimum absolute atomic E-state index is 0.0492. The minimum atomic E-state index is -0.168. The van der Waals surface area contributed by atoms with Crippen LogP contribution in [0.15, 0.2) is 82.7 Å². The monoisotopic (exact) mass is 456 g/mol. The molecule has 0 atom stereocenters. The largest absolute Gasteiger partial charge is 0.497 e. The molecule has 8 heteroatoms. The molecule has 7 nitrogen and oxygen atoms in total. The summed E-state index contributed by atoms with van der Waals surface area (Å²) < 4.78 is 8.61. The van der Waals surface area contributed by atoms with Crippen LogP contribution >= 0.6 is 11.8 Å². The van der Waals surface area contributed by atoms with Gasteiger partial charge in [0.1, 0.15) is 5.75 Å². The smallest absolute Gasteiger partial charge is 0.267 e. The number of methoxy groups -OCH3 is 1. The summed E-state index contributed by atoms with van der Waals surface area (Å²) in [5.41, 5.74) is 2.90. The first-order valence-electron chi connectivity index (χ1n) is 10.3. The third kappa shape index (κ3) is 3.78. The SMILES string of the molecule is COc1cccc(C(=O)CSc2nnc3n(-c4ccc(C)cc4)c(=O)c4ccccc4n23)c1. The van der Waals surface area contributed by atoms with Gasteiger partial charge in [-0.3, -0.25) is 14.0 Å². The first kappa shape index (κ1) is 21.0. The summed E-state index contributed by atoms with van der Waals surface area (Å²) in [5, 5.41) is 9.75. The number of thioether (sulfide) groups is 1. The molecule has 33 heavy (non-hydrogen) atoms. The van der Waals surface area contributed by atoms with Crippen LogP contribution in [0.4, 0.5) is 0 Å². The fourth-order valence-corrected chi connectivity index (χ4v) is 4.54. The number of fused-ring (bicyclic) bond motifs is 3. The number of hydrogen-bond donors (Lipinski definition) is 0. The number of ketones is 1. The molecule has 0 fully saturated rings. The molecule has 2 heterocycles. The predicted octanol–water partition coefficient (Wildman–Crippen LogP) is 4.33. The number of rotatable bonds is 6. The highest BCUT2D eigenvalue weighted by Crippen LogP contribution is 2.24. The summed E-state index contributed by atoms with van der Waals surface area (Å²) >= 11 is 1.28. The molecule has 0 bridgehead atoms. The molecule has 0 spiro atoms. The van der Waals surface area contributed by atoms with Crippen molar-refractivity contribution < 1.29 is 9.53 Å². The van der Waals surface area contributed by atoms with Crippen LogP contribution in [0.3, 0.4) is 0 Å². The molecule has 164 valence electrons. The number of carbonyl (C=O) groups excluding carboxylic acids is 1. The van der Waals surface area contributed by atoms with Gasteiger partial charge in [-0.1, -0.05) is 53.7 Å². The highest BCUT2D eigenvalue weighted by Gasteiger charge is 2.19. The lowest BCUT2D eigenvalue weighted by atomic mass is 10.1. The van der Waals surface area contributed by atoms with Gasteiger partial charge in [-0.25, -0.2) is 4.57 Å². The van der Waals surface area contributed by atoms with Crippen LogP contribution in [0.2, 0.25) is 0 Å². The van der Waals surface area contributed by atoms with E-state index < -0.39 is 0 Å². The molecule has 0 aliphatic heterocycles. The highest BCUT2D eigenvalue weighted by molar-refractivity contribution is 7.99. The summed E-state index contributed by atoms with van der Waals surface area (Å²) in [7, 11) is 1.57. The highest BCUT2D eigenvalue weighted by atomic mass is 32.2. The average Bonchev–Trinajstić information content (AvgIpc) is 3.27. The zero-order valence-electron chi connectivity index (χ0n) is 18.1. The van der Waals surface area contributed by atoms with Crippen LogP contribution < -0.4 is 10.3 Å². The van der Waals surface area contributed by atoms with Crippen molar-refractivity contribution in [3.05, 3.63) is 94.3 Å². The van der Waals surface area contributed by atoms with Crippen LogP contribution in [0, 0.1) is 6.92 Å². The molecular formula is C25H20N4O3S. The zero-order valence-corrected chi connectivity index (χ0v) is 18.9. The van der Waals surface area contributed by atoms with Crippen LogP contribution in [0.5, 0.6) is 5.75 Å². The lowest BCUT2D eigenvalue weighted by molar-refractivity contribution is 0.102. The number of aromatic nitrogens is 4. The third-order valence-electron chi connectivity index (χ3n) is 5.41. The van der Waals surface area contributed by atoms with E-state index in [-0.39, 0.29) is 17.1 Å². The summed E-state index contributed by atoms with van der Waals surface area (Å²) in [5.74, 6) is 1.16. The van der Waals surface area contributed by atoms with Crippen molar-refractivity contribution in [2.24, 2.45) is 0 Å². The molecule has 5 rings (SSSR count). The van der Waals surface area contributed by atoms with Gasteiger partial charge in [0.15, 0.2) is 10.9 Å². The first-order chi connectivity index (χ1) is 16.1. The van der Waals surface area contributed by atoms with Gasteiger partial charge in [0.05, 0.1) is 29.5 Å². The van der Waals surface area contributed by atoms with Gasteiger partial charge < -0.3 is 4.74 Å². The Morgan fingerprint density at radius 2 is 1.79 bits per heavy atom. The van der Waals surface area contributed by atoms with E-state index >= 15 is 0 Å². The Kier molecular flexibility index (Phi) is 5.43. The fourth-order valence-electron chi connectivity index (χ4n) is 3.71. The topological polar surface area (TPSA) is 78.5 Å². The van der Waals surface area contributed by atoms with Crippen LogP contribution in [-0.4, -0.2) is 37.8 Å². The summed E-state index contributed by atoms with van der Waals surface area (Å²) in [6, 6.07) is 22.1. The number of hydrogen-bond acceptors (Lipinski definition) is 6. The first-order valence-corrected chi connectivity index (χ1v) is 11.3. The van der Waals surface area contributed by atoms with E-state index in [4.69, 9.17) is 4.74 Å². The molecule has 0 aliphatic carbocycles. The van der Waals surface area contributed by atoms with E-state index in [0.717, 1.165) is 5.56 Å². The van der Waals surface area contributed by atoms with E-state index in [1.54, 1.807) is 42.0 Å². The third-order valence-corrected chi connectivity index (χ3v) is 6.34. The Balaban J connectivity index is 1.60. The number of Topliss-reactive ketones (excluding diaryl/α,β-unsaturated/α-hetero) is 1. The Morgan fingerprint density at radius 1 is 1.00 bits per heavy atom. The van der Waals surface area contributed by atoms with Crippen molar-refractivity contribution in [2.75, 3.05) is 12.9 Å². The summed E-state index contributed by atoms with van der Waals surface area (Å²) in [4.78, 5) is 26.2. The van der Waals surface area contributed by atoms with Crippen molar-refractivity contribution in [1.82, 2.24) is 19.2 Å². The second kappa shape index (κ2) is 8.55. The Hall–Kier alpha value is -3.91. The molecule has 0 unspecified atom stereocenters. The fraction of sp³-hybridized carbons (Fsp3) is 0.120. The van der Waals surface area contributed by atoms with Gasteiger partial charge in [-0.2, -0.15) is 0 Å². The van der Waals surface area contributed by atoms with Crippen LogP contribution in [-0.2, 0) is 0 Å². The van der Waals surface area contributed by atoms with Crippen molar-refractivity contribution in [3.8, 4) is 11.4 Å². The van der Waals surface area contributed by atoms with Crippen molar-refractivity contribution in [2.45, 2.75) is 12.1 Å². The lowest BCUT2D eigenvalue weighted by Gasteiger charge is -2.11. The Bertz CT molecular complexity index is 1550. The van der Waals surface area contributed by atoms with Gasteiger partial charge in [0, 0.05) is 5.56 Å². The number of aryl methyl sites for hydroxylation is 1. The maximum absolute atomic E-state index is 13.4. The van der Waals surface area contributed by atoms with E-state index in [1.807, 2.05) is 53.8 Å². The zero-order chi connectivity index (χ0) is 22.9.